The summed E-state index contributed by atoms with van der Waals surface area (Å²) in [5, 5.41) is 0. The normalized spacial score (nSPS) is 13.6. The molecule has 80 valence electrons. The molecule has 0 aliphatic rings. The van der Waals surface area contributed by atoms with Crippen LogP contribution in [0, 0.1) is 0 Å². The number of carbonyl (C=O) groups is 1. The Hall–Kier alpha value is -1.05. The van der Waals surface area contributed by atoms with E-state index in [9.17, 15) is 4.79 Å². The highest BCUT2D eigenvalue weighted by molar-refractivity contribution is 5.75. The minimum Gasteiger partial charge on any atom is -0.380 e. The summed E-state index contributed by atoms with van der Waals surface area (Å²) >= 11 is 0. The van der Waals surface area contributed by atoms with Gasteiger partial charge >= 0.3 is 0 Å². The fourth-order valence-electron chi connectivity index (χ4n) is 1.21. The van der Waals surface area contributed by atoms with E-state index in [0.717, 1.165) is 30.4 Å². The molecule has 0 fully saturated rings. The number of carbonyl (C=O) groups excluding carboxylic acids is 1. The molecule has 0 spiro atoms. The van der Waals surface area contributed by atoms with Gasteiger partial charge in [0.25, 0.3) is 0 Å². The van der Waals surface area contributed by atoms with Crippen molar-refractivity contribution in [2.24, 2.45) is 0 Å². The number of allylic oxidation sites excluding steroid dienone is 3. The fraction of sp³-hybridized carbons (Fsp3) is 0.583. The molecular weight excluding hydrogens is 174 g/mol. The average Bonchev–Trinajstić information content (AvgIpc) is 2.19. The summed E-state index contributed by atoms with van der Waals surface area (Å²) in [4.78, 5) is 12.8. The van der Waals surface area contributed by atoms with Gasteiger partial charge in [-0.1, -0.05) is 6.92 Å². The number of hydrogen-bond donors (Lipinski definition) is 0. The first-order valence-electron chi connectivity index (χ1n) is 5.10. The smallest absolute Gasteiger partial charge is 0.146 e. The molecule has 2 heteroatoms. The molecule has 0 N–H and O–H groups in total. The van der Waals surface area contributed by atoms with E-state index >= 15 is 0 Å². The molecule has 0 unspecified atom stereocenters. The van der Waals surface area contributed by atoms with Crippen molar-refractivity contribution in [3.05, 3.63) is 22.9 Å². The van der Waals surface area contributed by atoms with Gasteiger partial charge in [0.2, 0.25) is 0 Å². The van der Waals surface area contributed by atoms with Gasteiger partial charge in [-0.2, -0.15) is 0 Å². The second-order valence-corrected chi connectivity index (χ2v) is 3.51. The molecule has 0 atom stereocenters. The molecule has 0 rings (SSSR count). The Morgan fingerprint density at radius 1 is 1.29 bits per heavy atom. The summed E-state index contributed by atoms with van der Waals surface area (Å²) < 4.78 is 0. The Morgan fingerprint density at radius 2 is 1.86 bits per heavy atom. The van der Waals surface area contributed by atoms with Gasteiger partial charge in [0.05, 0.1) is 0 Å². The van der Waals surface area contributed by atoms with Gasteiger partial charge in [0, 0.05) is 19.8 Å². The van der Waals surface area contributed by atoms with Crippen molar-refractivity contribution in [3.8, 4) is 0 Å². The standard InChI is InChI=1S/C12H21NO/c1-6-12(9-14)11(4)10(3)8-13(5)7-2/h8-9H,6-7H2,1-5H3/b10-8-,12-11-. The Balaban J connectivity index is 4.83. The molecule has 0 amide bonds. The third kappa shape index (κ3) is 3.77. The SMILES string of the molecule is CC/C(C=O)=C(C)/C(C)=C\N(C)CC. The van der Waals surface area contributed by atoms with Crippen LogP contribution in [0.1, 0.15) is 34.1 Å². The van der Waals surface area contributed by atoms with Crippen LogP contribution in [0.3, 0.4) is 0 Å². The summed E-state index contributed by atoms with van der Waals surface area (Å²) in [7, 11) is 2.03. The number of nitrogens with zero attached hydrogens (tertiary/aromatic N) is 1. The molecule has 0 saturated carbocycles. The lowest BCUT2D eigenvalue weighted by atomic mass is 10.0. The maximum absolute atomic E-state index is 10.7. The third-order valence-electron chi connectivity index (χ3n) is 2.51. The minimum atomic E-state index is 0.802. The second kappa shape index (κ2) is 6.41. The van der Waals surface area contributed by atoms with E-state index < -0.39 is 0 Å². The van der Waals surface area contributed by atoms with Gasteiger partial charge in [-0.15, -0.1) is 0 Å². The quantitative estimate of drug-likeness (QED) is 0.382. The molecule has 0 aliphatic carbocycles. The van der Waals surface area contributed by atoms with Crippen molar-refractivity contribution in [2.45, 2.75) is 34.1 Å². The van der Waals surface area contributed by atoms with Crippen LogP contribution in [0.2, 0.25) is 0 Å². The van der Waals surface area contributed by atoms with Crippen LogP contribution in [-0.2, 0) is 4.79 Å². The highest BCUT2D eigenvalue weighted by Gasteiger charge is 2.01. The van der Waals surface area contributed by atoms with Crippen molar-refractivity contribution < 1.29 is 4.79 Å². The van der Waals surface area contributed by atoms with E-state index in [1.165, 1.54) is 5.57 Å². The number of aldehydes is 1. The molecule has 2 nitrogen and oxygen atoms in total. The monoisotopic (exact) mass is 195 g/mol. The zero-order valence-electron chi connectivity index (χ0n) is 9.92. The van der Waals surface area contributed by atoms with Crippen molar-refractivity contribution >= 4 is 6.29 Å². The number of rotatable bonds is 5. The summed E-state index contributed by atoms with van der Waals surface area (Å²) in [6.45, 7) is 9.13. The molecular formula is C12H21NO. The lowest BCUT2D eigenvalue weighted by Crippen LogP contribution is -2.10. The molecule has 0 radical (unpaired) electrons. The topological polar surface area (TPSA) is 20.3 Å². The maximum atomic E-state index is 10.7. The van der Waals surface area contributed by atoms with E-state index in [0.29, 0.717) is 0 Å². The first-order valence-corrected chi connectivity index (χ1v) is 5.10. The first kappa shape index (κ1) is 12.9. The van der Waals surface area contributed by atoms with Gasteiger partial charge in [0.1, 0.15) is 6.29 Å². The Kier molecular flexibility index (Phi) is 5.93. The molecule has 0 aromatic rings. The zero-order valence-corrected chi connectivity index (χ0v) is 9.92. The molecule has 14 heavy (non-hydrogen) atoms. The summed E-state index contributed by atoms with van der Waals surface area (Å²) in [6.07, 6.45) is 3.84. The predicted octanol–water partition coefficient (Wildman–Crippen LogP) is 2.77. The van der Waals surface area contributed by atoms with Gasteiger partial charge < -0.3 is 4.90 Å². The third-order valence-corrected chi connectivity index (χ3v) is 2.51. The summed E-state index contributed by atoms with van der Waals surface area (Å²) in [5.41, 5.74) is 3.16. The van der Waals surface area contributed by atoms with Crippen LogP contribution in [0.5, 0.6) is 0 Å². The largest absolute Gasteiger partial charge is 0.380 e. The van der Waals surface area contributed by atoms with Crippen LogP contribution in [-0.4, -0.2) is 24.8 Å². The van der Waals surface area contributed by atoms with Crippen LogP contribution < -0.4 is 0 Å². The van der Waals surface area contributed by atoms with Gasteiger partial charge in [-0.25, -0.2) is 0 Å². The molecule has 0 aliphatic heterocycles. The van der Waals surface area contributed by atoms with Gasteiger partial charge in [-0.05, 0) is 43.9 Å². The van der Waals surface area contributed by atoms with E-state index in [1.807, 2.05) is 27.8 Å². The van der Waals surface area contributed by atoms with Crippen molar-refractivity contribution in [3.63, 3.8) is 0 Å². The van der Waals surface area contributed by atoms with Gasteiger partial charge in [0.15, 0.2) is 0 Å². The second-order valence-electron chi connectivity index (χ2n) is 3.51. The van der Waals surface area contributed by atoms with Crippen LogP contribution >= 0.6 is 0 Å². The van der Waals surface area contributed by atoms with Crippen molar-refractivity contribution in [2.75, 3.05) is 13.6 Å². The zero-order chi connectivity index (χ0) is 11.1. The Morgan fingerprint density at radius 3 is 2.21 bits per heavy atom. The highest BCUT2D eigenvalue weighted by atomic mass is 16.1. The van der Waals surface area contributed by atoms with Crippen molar-refractivity contribution in [1.29, 1.82) is 0 Å². The minimum absolute atomic E-state index is 0.802. The molecule has 0 aromatic heterocycles. The van der Waals surface area contributed by atoms with Crippen molar-refractivity contribution in [1.82, 2.24) is 4.90 Å². The lowest BCUT2D eigenvalue weighted by Gasteiger charge is -2.13. The van der Waals surface area contributed by atoms with Crippen LogP contribution in [0.4, 0.5) is 0 Å². The van der Waals surface area contributed by atoms with E-state index in [-0.39, 0.29) is 0 Å². The van der Waals surface area contributed by atoms with E-state index in [2.05, 4.69) is 18.0 Å². The summed E-state index contributed by atoms with van der Waals surface area (Å²) in [6, 6.07) is 0. The average molecular weight is 195 g/mol. The van der Waals surface area contributed by atoms with E-state index in [1.54, 1.807) is 0 Å². The molecule has 0 saturated heterocycles. The van der Waals surface area contributed by atoms with Crippen LogP contribution in [0.15, 0.2) is 22.9 Å². The first-order chi connectivity index (χ1) is 6.56. The highest BCUT2D eigenvalue weighted by Crippen LogP contribution is 2.15. The lowest BCUT2D eigenvalue weighted by molar-refractivity contribution is -0.105. The Labute approximate surface area is 87.3 Å². The van der Waals surface area contributed by atoms with E-state index in [4.69, 9.17) is 0 Å². The summed E-state index contributed by atoms with van der Waals surface area (Å²) in [5.74, 6) is 0. The predicted molar refractivity (Wildman–Crippen MR) is 61.1 cm³/mol. The maximum Gasteiger partial charge on any atom is 0.146 e. The molecule has 0 heterocycles. The van der Waals surface area contributed by atoms with Crippen LogP contribution in [0.25, 0.3) is 0 Å². The number of hydrogen-bond acceptors (Lipinski definition) is 2. The molecule has 0 aromatic carbocycles. The Bertz CT molecular complexity index is 251. The molecule has 0 bridgehead atoms. The fourth-order valence-corrected chi connectivity index (χ4v) is 1.21. The van der Waals surface area contributed by atoms with Gasteiger partial charge in [-0.3, -0.25) is 4.79 Å².